The van der Waals surface area contributed by atoms with Gasteiger partial charge in [0, 0.05) is 28.2 Å². The summed E-state index contributed by atoms with van der Waals surface area (Å²) in [7, 11) is 1.64. The number of ether oxygens (including phenoxy) is 2. The Bertz CT molecular complexity index is 998. The lowest BCUT2D eigenvalue weighted by Crippen LogP contribution is -2.20. The van der Waals surface area contributed by atoms with Crippen LogP contribution in [0.2, 0.25) is 10.0 Å². The Labute approximate surface area is 202 Å². The third-order valence-corrected chi connectivity index (χ3v) is 6.18. The highest BCUT2D eigenvalue weighted by atomic mass is 79.9. The molecule has 0 radical (unpaired) electrons. The van der Waals surface area contributed by atoms with Gasteiger partial charge in [0.05, 0.1) is 11.6 Å². The summed E-state index contributed by atoms with van der Waals surface area (Å²) in [4.78, 5) is 0. The molecule has 0 bridgehead atoms. The number of halogens is 3. The van der Waals surface area contributed by atoms with Gasteiger partial charge in [0.25, 0.3) is 0 Å². The van der Waals surface area contributed by atoms with Gasteiger partial charge in [-0.25, -0.2) is 0 Å². The van der Waals surface area contributed by atoms with E-state index in [1.165, 1.54) is 5.56 Å². The minimum Gasteiger partial charge on any atom is -0.493 e. The van der Waals surface area contributed by atoms with Crippen LogP contribution in [0.1, 0.15) is 42.5 Å². The third kappa shape index (κ3) is 6.63. The molecule has 0 spiro atoms. The molecule has 164 valence electrons. The van der Waals surface area contributed by atoms with Gasteiger partial charge in [0.15, 0.2) is 11.5 Å². The van der Waals surface area contributed by atoms with Gasteiger partial charge in [-0.05, 0) is 57.7 Å². The standard InChI is InChI=1S/C25H26BrCl2NO2/c1-3-7-23(18-8-5-4-6-9-18)29-15-17-12-21(26)25(24(13-17)30-2)31-16-19-10-11-20(27)14-22(19)28/h4-6,8-14,23,29H,3,7,15-16H2,1-2H3. The molecule has 3 nitrogen and oxygen atoms in total. The van der Waals surface area contributed by atoms with Gasteiger partial charge in [0.1, 0.15) is 6.61 Å². The van der Waals surface area contributed by atoms with E-state index in [9.17, 15) is 0 Å². The average Bonchev–Trinajstić information content (AvgIpc) is 2.77. The van der Waals surface area contributed by atoms with E-state index < -0.39 is 0 Å². The van der Waals surface area contributed by atoms with Crippen LogP contribution in [-0.2, 0) is 13.2 Å². The maximum Gasteiger partial charge on any atom is 0.175 e. The highest BCUT2D eigenvalue weighted by Gasteiger charge is 2.15. The second-order valence-electron chi connectivity index (χ2n) is 7.27. The van der Waals surface area contributed by atoms with Crippen molar-refractivity contribution >= 4 is 39.1 Å². The Morgan fingerprint density at radius 1 is 1.03 bits per heavy atom. The molecule has 0 saturated heterocycles. The second kappa shape index (κ2) is 11.8. The Kier molecular flexibility index (Phi) is 9.09. The van der Waals surface area contributed by atoms with Crippen molar-refractivity contribution in [2.75, 3.05) is 7.11 Å². The van der Waals surface area contributed by atoms with E-state index in [4.69, 9.17) is 32.7 Å². The summed E-state index contributed by atoms with van der Waals surface area (Å²) in [6, 6.07) is 20.3. The van der Waals surface area contributed by atoms with Crippen LogP contribution in [0.4, 0.5) is 0 Å². The average molecular weight is 523 g/mol. The van der Waals surface area contributed by atoms with E-state index >= 15 is 0 Å². The quantitative estimate of drug-likeness (QED) is 0.292. The molecule has 0 aromatic heterocycles. The zero-order valence-corrected chi connectivity index (χ0v) is 20.7. The van der Waals surface area contributed by atoms with Crippen LogP contribution in [0, 0.1) is 0 Å². The smallest absolute Gasteiger partial charge is 0.175 e. The summed E-state index contributed by atoms with van der Waals surface area (Å²) >= 11 is 15.9. The van der Waals surface area contributed by atoms with Gasteiger partial charge in [-0.2, -0.15) is 0 Å². The normalized spacial score (nSPS) is 11.9. The maximum atomic E-state index is 6.27. The third-order valence-electron chi connectivity index (χ3n) is 5.01. The summed E-state index contributed by atoms with van der Waals surface area (Å²) in [6.45, 7) is 3.24. The lowest BCUT2D eigenvalue weighted by molar-refractivity contribution is 0.282. The van der Waals surface area contributed by atoms with Gasteiger partial charge in [-0.3, -0.25) is 0 Å². The summed E-state index contributed by atoms with van der Waals surface area (Å²) in [5, 5.41) is 4.85. The van der Waals surface area contributed by atoms with Crippen LogP contribution < -0.4 is 14.8 Å². The first kappa shape index (κ1) is 23.9. The van der Waals surface area contributed by atoms with Crippen LogP contribution >= 0.6 is 39.1 Å². The Morgan fingerprint density at radius 3 is 2.48 bits per heavy atom. The monoisotopic (exact) mass is 521 g/mol. The number of rotatable bonds is 10. The van der Waals surface area contributed by atoms with Gasteiger partial charge in [-0.1, -0.05) is 72.9 Å². The molecule has 0 heterocycles. The molecule has 0 aliphatic heterocycles. The predicted molar refractivity (Wildman–Crippen MR) is 132 cm³/mol. The van der Waals surface area contributed by atoms with Crippen molar-refractivity contribution in [1.29, 1.82) is 0 Å². The molecule has 0 amide bonds. The second-order valence-corrected chi connectivity index (χ2v) is 8.96. The summed E-state index contributed by atoms with van der Waals surface area (Å²) in [5.41, 5.74) is 3.27. The van der Waals surface area contributed by atoms with Crippen LogP contribution in [0.25, 0.3) is 0 Å². The fourth-order valence-corrected chi connectivity index (χ4v) is 4.47. The molecule has 1 N–H and O–H groups in total. The molecule has 0 aliphatic rings. The first-order chi connectivity index (χ1) is 15.0. The van der Waals surface area contributed by atoms with E-state index in [1.54, 1.807) is 19.2 Å². The molecule has 3 aromatic carbocycles. The van der Waals surface area contributed by atoms with E-state index in [-0.39, 0.29) is 0 Å². The lowest BCUT2D eigenvalue weighted by Gasteiger charge is -2.20. The number of methoxy groups -OCH3 is 1. The van der Waals surface area contributed by atoms with Crippen molar-refractivity contribution in [2.24, 2.45) is 0 Å². The van der Waals surface area contributed by atoms with E-state index in [0.29, 0.717) is 34.2 Å². The van der Waals surface area contributed by atoms with Gasteiger partial charge >= 0.3 is 0 Å². The van der Waals surface area contributed by atoms with Crippen molar-refractivity contribution in [1.82, 2.24) is 5.32 Å². The number of nitrogens with one attached hydrogen (secondary N) is 1. The van der Waals surface area contributed by atoms with E-state index in [2.05, 4.69) is 58.5 Å². The maximum absolute atomic E-state index is 6.27. The Hall–Kier alpha value is -1.72. The molecule has 0 aliphatic carbocycles. The highest BCUT2D eigenvalue weighted by Crippen LogP contribution is 2.38. The van der Waals surface area contributed by atoms with Crippen molar-refractivity contribution in [3.05, 3.63) is 91.9 Å². The zero-order valence-electron chi connectivity index (χ0n) is 17.6. The molecule has 3 rings (SSSR count). The first-order valence-electron chi connectivity index (χ1n) is 10.2. The first-order valence-corrected chi connectivity index (χ1v) is 11.8. The highest BCUT2D eigenvalue weighted by molar-refractivity contribution is 9.10. The summed E-state index contributed by atoms with van der Waals surface area (Å²) in [6.07, 6.45) is 2.19. The van der Waals surface area contributed by atoms with Crippen molar-refractivity contribution in [2.45, 2.75) is 39.0 Å². The lowest BCUT2D eigenvalue weighted by atomic mass is 10.0. The SMILES string of the molecule is CCCC(NCc1cc(Br)c(OCc2ccc(Cl)cc2Cl)c(OC)c1)c1ccccc1. The number of benzene rings is 3. The van der Waals surface area contributed by atoms with E-state index in [0.717, 1.165) is 35.0 Å². The molecule has 3 aromatic rings. The molecular formula is C25H26BrCl2NO2. The minimum atomic E-state index is 0.305. The van der Waals surface area contributed by atoms with Gasteiger partial charge in [-0.15, -0.1) is 0 Å². The molecular weight excluding hydrogens is 497 g/mol. The molecule has 1 atom stereocenters. The molecule has 6 heteroatoms. The van der Waals surface area contributed by atoms with Crippen molar-refractivity contribution < 1.29 is 9.47 Å². The largest absolute Gasteiger partial charge is 0.493 e. The van der Waals surface area contributed by atoms with Gasteiger partial charge in [0.2, 0.25) is 0 Å². The van der Waals surface area contributed by atoms with Gasteiger partial charge < -0.3 is 14.8 Å². The van der Waals surface area contributed by atoms with Crippen molar-refractivity contribution in [3.8, 4) is 11.5 Å². The summed E-state index contributed by atoms with van der Waals surface area (Å²) in [5.74, 6) is 1.31. The van der Waals surface area contributed by atoms with E-state index in [1.807, 2.05) is 18.2 Å². The summed E-state index contributed by atoms with van der Waals surface area (Å²) < 4.78 is 12.5. The van der Waals surface area contributed by atoms with Crippen LogP contribution in [0.3, 0.4) is 0 Å². The fraction of sp³-hybridized carbons (Fsp3) is 0.280. The molecule has 31 heavy (non-hydrogen) atoms. The Morgan fingerprint density at radius 2 is 1.81 bits per heavy atom. The van der Waals surface area contributed by atoms with Crippen LogP contribution in [0.15, 0.2) is 65.1 Å². The van der Waals surface area contributed by atoms with Crippen molar-refractivity contribution in [3.63, 3.8) is 0 Å². The fourth-order valence-electron chi connectivity index (χ4n) is 3.41. The Balaban J connectivity index is 1.72. The zero-order chi connectivity index (χ0) is 22.2. The topological polar surface area (TPSA) is 30.5 Å². The number of hydrogen-bond acceptors (Lipinski definition) is 3. The molecule has 0 saturated carbocycles. The molecule has 0 fully saturated rings. The minimum absolute atomic E-state index is 0.305. The molecule has 1 unspecified atom stereocenters. The van der Waals surface area contributed by atoms with Crippen LogP contribution in [-0.4, -0.2) is 7.11 Å². The number of hydrogen-bond donors (Lipinski definition) is 1. The van der Waals surface area contributed by atoms with Crippen LogP contribution in [0.5, 0.6) is 11.5 Å². The predicted octanol–water partition coefficient (Wildman–Crippen LogP) is 7.97.